The van der Waals surface area contributed by atoms with Crippen LogP contribution < -0.4 is 10.2 Å². The molecule has 0 heterocycles. The number of nitrogens with one attached hydrogen (secondary N) is 1. The Hall–Kier alpha value is -2.15. The molecule has 0 radical (unpaired) electrons. The van der Waals surface area contributed by atoms with Gasteiger partial charge in [0.2, 0.25) is 0 Å². The molecule has 7 heteroatoms. The van der Waals surface area contributed by atoms with Crippen molar-refractivity contribution in [2.45, 2.75) is 26.0 Å². The van der Waals surface area contributed by atoms with Gasteiger partial charge in [0.05, 0.1) is 6.10 Å². The molecular weight excluding hydrogens is 267 g/mol. The van der Waals surface area contributed by atoms with Crippen LogP contribution in [0.25, 0.3) is 0 Å². The summed E-state index contributed by atoms with van der Waals surface area (Å²) >= 11 is 0. The van der Waals surface area contributed by atoms with Crippen LogP contribution >= 0.6 is 0 Å². The zero-order chi connectivity index (χ0) is 15.3. The molecule has 1 rings (SSSR count). The van der Waals surface area contributed by atoms with Crippen LogP contribution in [0, 0.1) is 5.82 Å². The molecular formula is C13H17FN2O4. The van der Waals surface area contributed by atoms with Gasteiger partial charge in [-0.05, 0) is 32.0 Å². The molecule has 6 nitrogen and oxygen atoms in total. The fourth-order valence-corrected chi connectivity index (χ4v) is 1.69. The molecule has 110 valence electrons. The number of urea groups is 1. The predicted octanol–water partition coefficient (Wildman–Crippen LogP) is 1.20. The highest BCUT2D eigenvalue weighted by molar-refractivity contribution is 5.94. The van der Waals surface area contributed by atoms with Crippen LogP contribution in [0.1, 0.15) is 13.8 Å². The van der Waals surface area contributed by atoms with Crippen molar-refractivity contribution in [2.24, 2.45) is 0 Å². The van der Waals surface area contributed by atoms with Crippen LogP contribution in [0.2, 0.25) is 0 Å². The number of carboxylic acids is 1. The van der Waals surface area contributed by atoms with E-state index in [2.05, 4.69) is 5.32 Å². The second kappa shape index (κ2) is 6.85. The highest BCUT2D eigenvalue weighted by atomic mass is 19.1. The molecule has 0 saturated heterocycles. The van der Waals surface area contributed by atoms with E-state index in [1.54, 1.807) is 6.92 Å². The minimum Gasteiger partial charge on any atom is -0.480 e. The Morgan fingerprint density at radius 1 is 1.45 bits per heavy atom. The molecule has 0 aromatic heterocycles. The number of nitrogens with zero attached hydrogens (tertiary/aromatic N) is 1. The van der Waals surface area contributed by atoms with Crippen LogP contribution in [0.4, 0.5) is 14.9 Å². The number of halogens is 1. The summed E-state index contributed by atoms with van der Waals surface area (Å²) in [4.78, 5) is 24.1. The molecule has 0 aliphatic heterocycles. The Morgan fingerprint density at radius 2 is 2.10 bits per heavy atom. The number of aliphatic carboxylic acids is 1. The average Bonchev–Trinajstić information content (AvgIpc) is 2.36. The fraction of sp³-hybridized carbons (Fsp3) is 0.385. The molecule has 0 saturated carbocycles. The van der Waals surface area contributed by atoms with Gasteiger partial charge >= 0.3 is 12.0 Å². The number of hydrogen-bond donors (Lipinski definition) is 3. The summed E-state index contributed by atoms with van der Waals surface area (Å²) < 4.78 is 13.2. The van der Waals surface area contributed by atoms with E-state index < -0.39 is 30.0 Å². The molecule has 2 amide bonds. The summed E-state index contributed by atoms with van der Waals surface area (Å²) in [7, 11) is 0. The third kappa shape index (κ3) is 3.92. The monoisotopic (exact) mass is 284 g/mol. The number of aliphatic hydroxyl groups excluding tert-OH is 1. The maximum atomic E-state index is 13.2. The van der Waals surface area contributed by atoms with E-state index in [9.17, 15) is 19.1 Å². The fourth-order valence-electron chi connectivity index (χ4n) is 1.69. The molecule has 0 bridgehead atoms. The molecule has 20 heavy (non-hydrogen) atoms. The minimum absolute atomic E-state index is 0.224. The number of anilines is 1. The molecule has 1 aromatic rings. The number of aliphatic hydroxyl groups is 1. The lowest BCUT2D eigenvalue weighted by Crippen LogP contribution is -2.52. The second-order valence-electron chi connectivity index (χ2n) is 4.23. The van der Waals surface area contributed by atoms with Crippen LogP contribution in [0.15, 0.2) is 24.3 Å². The number of rotatable bonds is 5. The van der Waals surface area contributed by atoms with Crippen molar-refractivity contribution in [1.29, 1.82) is 0 Å². The summed E-state index contributed by atoms with van der Waals surface area (Å²) in [5, 5.41) is 20.4. The van der Waals surface area contributed by atoms with Gasteiger partial charge in [-0.3, -0.25) is 4.90 Å². The van der Waals surface area contributed by atoms with Crippen LogP contribution in [0.5, 0.6) is 0 Å². The Bertz CT molecular complexity index is 493. The van der Waals surface area contributed by atoms with Gasteiger partial charge in [-0.15, -0.1) is 0 Å². The lowest BCUT2D eigenvalue weighted by molar-refractivity contribution is -0.141. The summed E-state index contributed by atoms with van der Waals surface area (Å²) in [6.45, 7) is 3.15. The predicted molar refractivity (Wildman–Crippen MR) is 71.1 cm³/mol. The second-order valence-corrected chi connectivity index (χ2v) is 4.23. The highest BCUT2D eigenvalue weighted by Gasteiger charge is 2.27. The Kier molecular flexibility index (Phi) is 5.45. The van der Waals surface area contributed by atoms with Crippen molar-refractivity contribution >= 4 is 17.7 Å². The van der Waals surface area contributed by atoms with E-state index in [0.29, 0.717) is 5.69 Å². The van der Waals surface area contributed by atoms with Crippen molar-refractivity contribution < 1.29 is 24.2 Å². The van der Waals surface area contributed by atoms with Crippen LogP contribution in [-0.2, 0) is 4.79 Å². The number of carbonyl (C=O) groups excluding carboxylic acids is 1. The first-order chi connectivity index (χ1) is 9.36. The van der Waals surface area contributed by atoms with Gasteiger partial charge in [-0.2, -0.15) is 0 Å². The first-order valence-corrected chi connectivity index (χ1v) is 6.11. The maximum absolute atomic E-state index is 13.2. The topological polar surface area (TPSA) is 89.9 Å². The first kappa shape index (κ1) is 15.9. The lowest BCUT2D eigenvalue weighted by Gasteiger charge is -2.25. The summed E-state index contributed by atoms with van der Waals surface area (Å²) in [5.41, 5.74) is 0.305. The zero-order valence-electron chi connectivity index (χ0n) is 11.2. The van der Waals surface area contributed by atoms with Crippen molar-refractivity contribution in [3.8, 4) is 0 Å². The van der Waals surface area contributed by atoms with E-state index in [0.717, 1.165) is 0 Å². The van der Waals surface area contributed by atoms with E-state index in [1.165, 1.54) is 36.1 Å². The minimum atomic E-state index is -1.43. The third-order valence-electron chi connectivity index (χ3n) is 2.71. The van der Waals surface area contributed by atoms with Crippen LogP contribution in [-0.4, -0.2) is 40.9 Å². The molecule has 0 spiro atoms. The van der Waals surface area contributed by atoms with E-state index in [1.807, 2.05) is 0 Å². The number of hydrogen-bond acceptors (Lipinski definition) is 3. The SMILES string of the molecule is CCN(C(=O)NC(C(=O)O)C(C)O)c1cccc(F)c1. The smallest absolute Gasteiger partial charge is 0.328 e. The normalized spacial score (nSPS) is 13.4. The largest absolute Gasteiger partial charge is 0.480 e. The Labute approximate surface area is 115 Å². The number of amides is 2. The Morgan fingerprint density at radius 3 is 2.55 bits per heavy atom. The van der Waals surface area contributed by atoms with Crippen molar-refractivity contribution in [3.63, 3.8) is 0 Å². The molecule has 0 fully saturated rings. The van der Waals surface area contributed by atoms with E-state index in [-0.39, 0.29) is 6.54 Å². The molecule has 2 unspecified atom stereocenters. The molecule has 3 N–H and O–H groups in total. The Balaban J connectivity index is 2.90. The molecule has 0 aliphatic rings. The van der Waals surface area contributed by atoms with Crippen molar-refractivity contribution in [1.82, 2.24) is 5.32 Å². The molecule has 0 aliphatic carbocycles. The van der Waals surface area contributed by atoms with Gasteiger partial charge in [0.1, 0.15) is 5.82 Å². The van der Waals surface area contributed by atoms with Crippen LogP contribution in [0.3, 0.4) is 0 Å². The molecule has 2 atom stereocenters. The number of carbonyl (C=O) groups is 2. The average molecular weight is 284 g/mol. The van der Waals surface area contributed by atoms with Gasteiger partial charge in [0, 0.05) is 12.2 Å². The highest BCUT2D eigenvalue weighted by Crippen LogP contribution is 2.15. The van der Waals surface area contributed by atoms with Gasteiger partial charge in [-0.25, -0.2) is 14.0 Å². The summed E-state index contributed by atoms with van der Waals surface area (Å²) in [6.07, 6.45) is -1.25. The van der Waals surface area contributed by atoms with Gasteiger partial charge in [-0.1, -0.05) is 6.07 Å². The quantitative estimate of drug-likeness (QED) is 0.757. The van der Waals surface area contributed by atoms with Gasteiger partial charge < -0.3 is 15.5 Å². The maximum Gasteiger partial charge on any atom is 0.328 e. The number of carboxylic acid groups (broad SMARTS) is 1. The standard InChI is InChI=1S/C13H17FN2O4/c1-3-16(10-6-4-5-9(14)7-10)13(20)15-11(8(2)17)12(18)19/h4-8,11,17H,3H2,1-2H3,(H,15,20)(H,18,19). The summed E-state index contributed by atoms with van der Waals surface area (Å²) in [6, 6.07) is 3.25. The van der Waals surface area contributed by atoms with E-state index >= 15 is 0 Å². The van der Waals surface area contributed by atoms with E-state index in [4.69, 9.17) is 5.11 Å². The van der Waals surface area contributed by atoms with Gasteiger partial charge in [0.15, 0.2) is 6.04 Å². The lowest BCUT2D eigenvalue weighted by atomic mass is 10.2. The summed E-state index contributed by atoms with van der Waals surface area (Å²) in [5.74, 6) is -1.84. The zero-order valence-corrected chi connectivity index (χ0v) is 11.2. The van der Waals surface area contributed by atoms with Crippen molar-refractivity contribution in [2.75, 3.05) is 11.4 Å². The molecule has 1 aromatic carbocycles. The van der Waals surface area contributed by atoms with Gasteiger partial charge in [0.25, 0.3) is 0 Å². The number of benzene rings is 1. The third-order valence-corrected chi connectivity index (χ3v) is 2.71. The first-order valence-electron chi connectivity index (χ1n) is 6.11. The van der Waals surface area contributed by atoms with Crippen molar-refractivity contribution in [3.05, 3.63) is 30.1 Å².